The molecule has 0 radical (unpaired) electrons. The molecule has 0 aromatic heterocycles. The maximum atomic E-state index is 6.03. The van der Waals surface area contributed by atoms with Gasteiger partial charge in [-0.05, 0) is 17.5 Å². The molecule has 0 nitrogen and oxygen atoms in total. The SMILES string of the molecule is Clc1cc(Br)cc2ccccc12. The van der Waals surface area contributed by atoms with E-state index in [1.54, 1.807) is 0 Å². The van der Waals surface area contributed by atoms with Crippen molar-refractivity contribution in [1.29, 1.82) is 0 Å². The van der Waals surface area contributed by atoms with Gasteiger partial charge in [-0.1, -0.05) is 51.8 Å². The highest BCUT2D eigenvalue weighted by atomic mass is 79.9. The van der Waals surface area contributed by atoms with Crippen LogP contribution >= 0.6 is 27.5 Å². The predicted molar refractivity (Wildman–Crippen MR) is 56.7 cm³/mol. The molecule has 2 aromatic carbocycles. The molecule has 60 valence electrons. The number of fused-ring (bicyclic) bond motifs is 1. The minimum absolute atomic E-state index is 0.792. The minimum atomic E-state index is 0.792. The number of halogens is 2. The van der Waals surface area contributed by atoms with E-state index in [0.717, 1.165) is 20.3 Å². The van der Waals surface area contributed by atoms with Crippen LogP contribution in [0, 0.1) is 0 Å². The first-order chi connectivity index (χ1) is 5.77. The molecule has 0 N–H and O–H groups in total. The molecule has 2 heteroatoms. The van der Waals surface area contributed by atoms with Gasteiger partial charge in [0.1, 0.15) is 0 Å². The molecule has 0 aliphatic heterocycles. The second-order valence-electron chi connectivity index (χ2n) is 2.61. The van der Waals surface area contributed by atoms with Crippen LogP contribution in [0.5, 0.6) is 0 Å². The van der Waals surface area contributed by atoms with Gasteiger partial charge in [0.2, 0.25) is 0 Å². The average molecular weight is 242 g/mol. The van der Waals surface area contributed by atoms with Crippen LogP contribution < -0.4 is 0 Å². The van der Waals surface area contributed by atoms with Crippen LogP contribution in [0.2, 0.25) is 5.02 Å². The van der Waals surface area contributed by atoms with Gasteiger partial charge in [-0.2, -0.15) is 0 Å². The Hall–Kier alpha value is -0.530. The van der Waals surface area contributed by atoms with E-state index in [2.05, 4.69) is 22.0 Å². The number of hydrogen-bond acceptors (Lipinski definition) is 0. The molecule has 0 spiro atoms. The summed E-state index contributed by atoms with van der Waals surface area (Å²) in [4.78, 5) is 0. The summed E-state index contributed by atoms with van der Waals surface area (Å²) in [7, 11) is 0. The Kier molecular flexibility index (Phi) is 2.07. The van der Waals surface area contributed by atoms with Gasteiger partial charge >= 0.3 is 0 Å². The molecule has 0 saturated heterocycles. The van der Waals surface area contributed by atoms with Crippen molar-refractivity contribution in [3.05, 3.63) is 45.9 Å². The third-order valence-corrected chi connectivity index (χ3v) is 2.55. The molecule has 0 bridgehead atoms. The largest absolute Gasteiger partial charge is 0.0836 e. The van der Waals surface area contributed by atoms with Crippen LogP contribution in [0.15, 0.2) is 40.9 Å². The van der Waals surface area contributed by atoms with Gasteiger partial charge in [0.25, 0.3) is 0 Å². The first-order valence-electron chi connectivity index (χ1n) is 3.61. The van der Waals surface area contributed by atoms with E-state index in [1.165, 1.54) is 0 Å². The van der Waals surface area contributed by atoms with Crippen molar-refractivity contribution >= 4 is 38.3 Å². The van der Waals surface area contributed by atoms with Gasteiger partial charge in [-0.3, -0.25) is 0 Å². The molecule has 0 saturated carbocycles. The summed E-state index contributed by atoms with van der Waals surface area (Å²) in [6, 6.07) is 12.0. The van der Waals surface area contributed by atoms with Gasteiger partial charge in [-0.25, -0.2) is 0 Å². The van der Waals surface area contributed by atoms with Crippen molar-refractivity contribution in [2.45, 2.75) is 0 Å². The molecule has 0 atom stereocenters. The molecule has 0 amide bonds. The lowest BCUT2D eigenvalue weighted by molar-refractivity contribution is 1.70. The van der Waals surface area contributed by atoms with E-state index < -0.39 is 0 Å². The van der Waals surface area contributed by atoms with Crippen LogP contribution in [0.1, 0.15) is 0 Å². The van der Waals surface area contributed by atoms with Crippen molar-refractivity contribution < 1.29 is 0 Å². The van der Waals surface area contributed by atoms with Crippen molar-refractivity contribution in [3.8, 4) is 0 Å². The van der Waals surface area contributed by atoms with Gasteiger partial charge in [0, 0.05) is 14.9 Å². The fourth-order valence-electron chi connectivity index (χ4n) is 1.23. The van der Waals surface area contributed by atoms with Gasteiger partial charge in [0.15, 0.2) is 0 Å². The molecule has 0 heterocycles. The monoisotopic (exact) mass is 240 g/mol. The Bertz CT molecular complexity index is 423. The summed E-state index contributed by atoms with van der Waals surface area (Å²) >= 11 is 9.43. The topological polar surface area (TPSA) is 0 Å². The fraction of sp³-hybridized carbons (Fsp3) is 0. The molecule has 2 aromatic rings. The molecule has 0 aliphatic carbocycles. The second kappa shape index (κ2) is 3.08. The number of hydrogen-bond donors (Lipinski definition) is 0. The van der Waals surface area contributed by atoms with Gasteiger partial charge in [0.05, 0.1) is 0 Å². The van der Waals surface area contributed by atoms with E-state index >= 15 is 0 Å². The van der Waals surface area contributed by atoms with Crippen LogP contribution in [-0.4, -0.2) is 0 Å². The Morgan fingerprint density at radius 3 is 2.67 bits per heavy atom. The lowest BCUT2D eigenvalue weighted by atomic mass is 10.1. The maximum absolute atomic E-state index is 6.03. The smallest absolute Gasteiger partial charge is 0.0495 e. The van der Waals surface area contributed by atoms with E-state index in [-0.39, 0.29) is 0 Å². The van der Waals surface area contributed by atoms with Crippen LogP contribution in [0.25, 0.3) is 10.8 Å². The molecule has 0 aliphatic rings. The average Bonchev–Trinajstić information content (AvgIpc) is 2.04. The van der Waals surface area contributed by atoms with Crippen LogP contribution in [-0.2, 0) is 0 Å². The Morgan fingerprint density at radius 2 is 1.83 bits per heavy atom. The van der Waals surface area contributed by atoms with Crippen molar-refractivity contribution in [2.24, 2.45) is 0 Å². The molecule has 0 fully saturated rings. The molecular formula is C10H6BrCl. The van der Waals surface area contributed by atoms with E-state index in [0.29, 0.717) is 0 Å². The van der Waals surface area contributed by atoms with Crippen LogP contribution in [0.3, 0.4) is 0 Å². The maximum Gasteiger partial charge on any atom is 0.0495 e. The highest BCUT2D eigenvalue weighted by Gasteiger charge is 1.98. The summed E-state index contributed by atoms with van der Waals surface area (Å²) in [6.07, 6.45) is 0. The minimum Gasteiger partial charge on any atom is -0.0836 e. The lowest BCUT2D eigenvalue weighted by Gasteiger charge is -2.00. The quantitative estimate of drug-likeness (QED) is 0.647. The molecular weight excluding hydrogens is 235 g/mol. The zero-order valence-corrected chi connectivity index (χ0v) is 8.56. The van der Waals surface area contributed by atoms with Crippen molar-refractivity contribution in [2.75, 3.05) is 0 Å². The van der Waals surface area contributed by atoms with E-state index in [9.17, 15) is 0 Å². The third-order valence-electron chi connectivity index (χ3n) is 1.78. The predicted octanol–water partition coefficient (Wildman–Crippen LogP) is 4.26. The third kappa shape index (κ3) is 1.35. The normalized spacial score (nSPS) is 10.5. The van der Waals surface area contributed by atoms with Crippen LogP contribution in [0.4, 0.5) is 0 Å². The Balaban J connectivity index is 2.89. The standard InChI is InChI=1S/C10H6BrCl/c11-8-5-7-3-1-2-4-9(7)10(12)6-8/h1-6H. The summed E-state index contributed by atoms with van der Waals surface area (Å²) < 4.78 is 1.02. The zero-order valence-electron chi connectivity index (χ0n) is 6.22. The highest BCUT2D eigenvalue weighted by Crippen LogP contribution is 2.27. The van der Waals surface area contributed by atoms with E-state index in [1.807, 2.05) is 30.3 Å². The highest BCUT2D eigenvalue weighted by molar-refractivity contribution is 9.10. The number of rotatable bonds is 0. The van der Waals surface area contributed by atoms with Gasteiger partial charge in [-0.15, -0.1) is 0 Å². The van der Waals surface area contributed by atoms with E-state index in [4.69, 9.17) is 11.6 Å². The zero-order chi connectivity index (χ0) is 8.55. The number of benzene rings is 2. The summed E-state index contributed by atoms with van der Waals surface area (Å²) in [5.41, 5.74) is 0. The lowest BCUT2D eigenvalue weighted by Crippen LogP contribution is -1.73. The fourth-order valence-corrected chi connectivity index (χ4v) is 2.13. The summed E-state index contributed by atoms with van der Waals surface area (Å²) in [5.74, 6) is 0. The molecule has 0 unspecified atom stereocenters. The van der Waals surface area contributed by atoms with Crippen molar-refractivity contribution in [1.82, 2.24) is 0 Å². The Morgan fingerprint density at radius 1 is 1.08 bits per heavy atom. The molecule has 12 heavy (non-hydrogen) atoms. The first-order valence-corrected chi connectivity index (χ1v) is 4.78. The van der Waals surface area contributed by atoms with Gasteiger partial charge < -0.3 is 0 Å². The second-order valence-corrected chi connectivity index (χ2v) is 3.93. The molecule has 2 rings (SSSR count). The Labute approximate surface area is 84.3 Å². The first kappa shape index (κ1) is 8.09. The summed E-state index contributed by atoms with van der Waals surface area (Å²) in [6.45, 7) is 0. The van der Waals surface area contributed by atoms with Crippen molar-refractivity contribution in [3.63, 3.8) is 0 Å². The summed E-state index contributed by atoms with van der Waals surface area (Å²) in [5, 5.41) is 3.05.